The zero-order valence-electron chi connectivity index (χ0n) is 20.8. The quantitative estimate of drug-likeness (QED) is 0.293. The summed E-state index contributed by atoms with van der Waals surface area (Å²) in [6.07, 6.45) is 2.89. The van der Waals surface area contributed by atoms with Crippen molar-refractivity contribution in [3.63, 3.8) is 0 Å². The van der Waals surface area contributed by atoms with Crippen LogP contribution in [0.5, 0.6) is 0 Å². The molecule has 1 aliphatic rings. The van der Waals surface area contributed by atoms with Crippen molar-refractivity contribution in [3.8, 4) is 11.6 Å². The van der Waals surface area contributed by atoms with Crippen LogP contribution < -0.4 is 16.8 Å². The normalized spacial score (nSPS) is 15.1. The molecule has 11 nitrogen and oxygen atoms in total. The molecule has 1 atom stereocenters. The van der Waals surface area contributed by atoms with Gasteiger partial charge in [0.2, 0.25) is 0 Å². The van der Waals surface area contributed by atoms with Gasteiger partial charge < -0.3 is 9.51 Å². The van der Waals surface area contributed by atoms with E-state index in [1.807, 2.05) is 6.07 Å². The molecule has 0 aromatic carbocycles. The Morgan fingerprint density at radius 2 is 1.89 bits per heavy atom. The Kier molecular flexibility index (Phi) is 7.00. The van der Waals surface area contributed by atoms with Crippen molar-refractivity contribution in [1.29, 1.82) is 0 Å². The number of nitrogens with one attached hydrogen (secondary N) is 1. The fraction of sp³-hybridized carbons (Fsp3) is 0.480. The van der Waals surface area contributed by atoms with E-state index in [1.54, 1.807) is 18.3 Å². The lowest BCUT2D eigenvalue weighted by atomic mass is 10.2. The summed E-state index contributed by atoms with van der Waals surface area (Å²) in [5.41, 5.74) is -3.41. The van der Waals surface area contributed by atoms with Crippen molar-refractivity contribution in [2.75, 3.05) is 0 Å². The Bertz CT molecular complexity index is 1620. The number of nitrogens with zero attached hydrogens (tertiary/aromatic N) is 6. The lowest BCUT2D eigenvalue weighted by Crippen LogP contribution is -2.42. The zero-order valence-corrected chi connectivity index (χ0v) is 20.8. The van der Waals surface area contributed by atoms with Gasteiger partial charge in [0.1, 0.15) is 22.7 Å². The molecule has 200 valence electrons. The molecule has 4 aromatic rings. The van der Waals surface area contributed by atoms with Gasteiger partial charge >= 0.3 is 5.69 Å². The van der Waals surface area contributed by atoms with E-state index in [2.05, 4.69) is 25.1 Å². The van der Waals surface area contributed by atoms with Crippen molar-refractivity contribution in [2.45, 2.75) is 76.8 Å². The van der Waals surface area contributed by atoms with Gasteiger partial charge in [-0.15, -0.1) is 0 Å². The largest absolute Gasteiger partial charge is 0.332 e. The Morgan fingerprint density at radius 3 is 2.61 bits per heavy atom. The maximum Gasteiger partial charge on any atom is 0.331 e. The van der Waals surface area contributed by atoms with Crippen LogP contribution in [0, 0.1) is 0 Å². The second-order valence-electron chi connectivity index (χ2n) is 9.60. The Labute approximate surface area is 214 Å². The Hall–Kier alpha value is -4.03. The van der Waals surface area contributed by atoms with Gasteiger partial charge in [0.05, 0.1) is 0 Å². The van der Waals surface area contributed by atoms with E-state index in [0.29, 0.717) is 55.9 Å². The Morgan fingerprint density at radius 1 is 1.11 bits per heavy atom. The highest BCUT2D eigenvalue weighted by atomic mass is 19.1. The van der Waals surface area contributed by atoms with E-state index in [9.17, 15) is 23.2 Å². The highest BCUT2D eigenvalue weighted by Gasteiger charge is 2.42. The van der Waals surface area contributed by atoms with Crippen LogP contribution in [-0.4, -0.2) is 39.9 Å². The monoisotopic (exact) mass is 527 g/mol. The summed E-state index contributed by atoms with van der Waals surface area (Å²) in [7, 11) is 0. The first-order chi connectivity index (χ1) is 18.3. The van der Waals surface area contributed by atoms with E-state index >= 15 is 0 Å². The lowest BCUT2D eigenvalue weighted by Gasteiger charge is -2.14. The standard InChI is InChI=1S/C25H27F2N7O4/c1-15(26)20-30-18-19(21(35)31-20)33(14-6-9-25(27)10-11-25)24(37)34(23(18)36)13-5-3-8-17-29-22(38-32-17)16-7-2-4-12-28-16/h2,4,7,12,15H,3,5-6,8-11,13-14H2,1H3,(H,30,31,35). The van der Waals surface area contributed by atoms with Crippen LogP contribution in [0.1, 0.15) is 63.3 Å². The number of halogens is 2. The molecule has 0 bridgehead atoms. The molecule has 0 amide bonds. The number of hydrogen-bond donors (Lipinski definition) is 1. The molecular weight excluding hydrogens is 500 g/mol. The number of H-pyrrole nitrogens is 1. The second kappa shape index (κ2) is 10.4. The average Bonchev–Trinajstić information content (AvgIpc) is 3.44. The van der Waals surface area contributed by atoms with E-state index in [1.165, 1.54) is 6.92 Å². The molecule has 1 saturated carbocycles. The van der Waals surface area contributed by atoms with Gasteiger partial charge in [-0.3, -0.25) is 23.7 Å². The molecule has 1 N–H and O–H groups in total. The van der Waals surface area contributed by atoms with Gasteiger partial charge in [0.15, 0.2) is 17.5 Å². The van der Waals surface area contributed by atoms with E-state index < -0.39 is 28.6 Å². The first kappa shape index (κ1) is 25.6. The molecule has 0 radical (unpaired) electrons. The van der Waals surface area contributed by atoms with Gasteiger partial charge in [-0.1, -0.05) is 11.2 Å². The Balaban J connectivity index is 1.37. The maximum atomic E-state index is 14.1. The number of pyridine rings is 1. The summed E-state index contributed by atoms with van der Waals surface area (Å²) >= 11 is 0. The summed E-state index contributed by atoms with van der Waals surface area (Å²) in [5, 5.41) is 3.95. The molecule has 5 rings (SSSR count). The second-order valence-corrected chi connectivity index (χ2v) is 9.60. The van der Waals surface area contributed by atoms with Crippen LogP contribution >= 0.6 is 0 Å². The molecule has 38 heavy (non-hydrogen) atoms. The molecular formula is C25H27F2N7O4. The molecule has 1 fully saturated rings. The fourth-order valence-corrected chi connectivity index (χ4v) is 4.37. The molecule has 4 heterocycles. The SMILES string of the molecule is CC(F)c1nc2c(=O)n(CCCCc3noc(-c4ccccn4)n3)c(=O)n(CCCC3(F)CC3)c2c(=O)[nH]1. The third kappa shape index (κ3) is 5.31. The van der Waals surface area contributed by atoms with Gasteiger partial charge in [-0.25, -0.2) is 18.6 Å². The molecule has 13 heteroatoms. The summed E-state index contributed by atoms with van der Waals surface area (Å²) in [4.78, 5) is 54.1. The van der Waals surface area contributed by atoms with E-state index in [0.717, 1.165) is 9.13 Å². The third-order valence-corrected chi connectivity index (χ3v) is 6.65. The van der Waals surface area contributed by atoms with E-state index in [4.69, 9.17) is 4.52 Å². The summed E-state index contributed by atoms with van der Waals surface area (Å²) in [5.74, 6) is 0.464. The smallest absolute Gasteiger partial charge is 0.331 e. The van der Waals surface area contributed by atoms with Crippen molar-refractivity contribution in [2.24, 2.45) is 0 Å². The molecule has 0 spiro atoms. The topological polar surface area (TPSA) is 142 Å². The number of fused-ring (bicyclic) bond motifs is 1. The number of aryl methyl sites for hydroxylation is 2. The van der Waals surface area contributed by atoms with E-state index in [-0.39, 0.29) is 36.4 Å². The van der Waals surface area contributed by atoms with Crippen LogP contribution in [0.15, 0.2) is 43.3 Å². The maximum absolute atomic E-state index is 14.1. The number of alkyl halides is 2. The molecule has 0 aliphatic heterocycles. The van der Waals surface area contributed by atoms with Crippen molar-refractivity contribution in [1.82, 2.24) is 34.2 Å². The molecule has 1 unspecified atom stereocenters. The summed E-state index contributed by atoms with van der Waals surface area (Å²) in [6.45, 7) is 1.27. The van der Waals surface area contributed by atoms with Crippen molar-refractivity contribution in [3.05, 3.63) is 67.2 Å². The molecule has 4 aromatic heterocycles. The number of rotatable bonds is 11. The summed E-state index contributed by atoms with van der Waals surface area (Å²) in [6, 6.07) is 5.33. The fourth-order valence-electron chi connectivity index (χ4n) is 4.37. The van der Waals surface area contributed by atoms with Crippen LogP contribution in [0.3, 0.4) is 0 Å². The third-order valence-electron chi connectivity index (χ3n) is 6.65. The predicted molar refractivity (Wildman–Crippen MR) is 133 cm³/mol. The van der Waals surface area contributed by atoms with Crippen LogP contribution in [0.2, 0.25) is 0 Å². The number of unbranched alkanes of at least 4 members (excludes halogenated alkanes) is 1. The van der Waals surface area contributed by atoms with Gasteiger partial charge in [-0.2, -0.15) is 4.98 Å². The minimum absolute atomic E-state index is 0.0374. The van der Waals surface area contributed by atoms with Gasteiger partial charge in [0, 0.05) is 25.7 Å². The molecule has 1 aliphatic carbocycles. The van der Waals surface area contributed by atoms with Crippen molar-refractivity contribution >= 4 is 11.0 Å². The molecule has 0 saturated heterocycles. The highest BCUT2D eigenvalue weighted by molar-refractivity contribution is 5.72. The number of hydrogen-bond acceptors (Lipinski definition) is 8. The first-order valence-electron chi connectivity index (χ1n) is 12.6. The van der Waals surface area contributed by atoms with Gasteiger partial charge in [0.25, 0.3) is 17.0 Å². The average molecular weight is 528 g/mol. The van der Waals surface area contributed by atoms with Crippen LogP contribution in [-0.2, 0) is 19.5 Å². The number of aromatic nitrogens is 7. The first-order valence-corrected chi connectivity index (χ1v) is 12.6. The van der Waals surface area contributed by atoms with Crippen LogP contribution in [0.25, 0.3) is 22.6 Å². The van der Waals surface area contributed by atoms with Crippen molar-refractivity contribution < 1.29 is 13.3 Å². The minimum atomic E-state index is -1.62. The number of aromatic amines is 1. The summed E-state index contributed by atoms with van der Waals surface area (Å²) < 4.78 is 35.5. The van der Waals surface area contributed by atoms with Gasteiger partial charge in [-0.05, 0) is 57.6 Å². The minimum Gasteiger partial charge on any atom is -0.332 e. The highest BCUT2D eigenvalue weighted by Crippen LogP contribution is 2.43. The zero-order chi connectivity index (χ0) is 26.9. The predicted octanol–water partition coefficient (Wildman–Crippen LogP) is 3.03. The van der Waals surface area contributed by atoms with Crippen LogP contribution in [0.4, 0.5) is 8.78 Å². The lowest BCUT2D eigenvalue weighted by molar-refractivity contribution is 0.278.